The number of furan rings is 2. The molecule has 5 heterocycles. The topological polar surface area (TPSA) is 88.1 Å². The van der Waals surface area contributed by atoms with E-state index in [1.165, 1.54) is 0 Å². The van der Waals surface area contributed by atoms with E-state index in [9.17, 15) is 4.79 Å². The second kappa shape index (κ2) is 8.19. The third-order valence-corrected chi connectivity index (χ3v) is 5.43. The van der Waals surface area contributed by atoms with E-state index in [2.05, 4.69) is 9.88 Å². The lowest BCUT2D eigenvalue weighted by molar-refractivity contribution is 0.0428. The Labute approximate surface area is 173 Å². The molecule has 2 aliphatic rings. The van der Waals surface area contributed by atoms with E-state index in [-0.39, 0.29) is 6.03 Å². The second-order valence-electron chi connectivity index (χ2n) is 7.24. The summed E-state index contributed by atoms with van der Waals surface area (Å²) in [7, 11) is 0. The predicted octanol–water partition coefficient (Wildman–Crippen LogP) is 2.57. The van der Waals surface area contributed by atoms with Gasteiger partial charge in [-0.25, -0.2) is 14.8 Å². The van der Waals surface area contributed by atoms with Crippen LogP contribution in [0.4, 0.5) is 10.7 Å². The quantitative estimate of drug-likeness (QED) is 0.657. The first-order chi connectivity index (χ1) is 14.8. The van der Waals surface area contributed by atoms with Crippen LogP contribution in [-0.4, -0.2) is 78.3 Å². The zero-order valence-corrected chi connectivity index (χ0v) is 16.6. The molecule has 2 amide bonds. The van der Waals surface area contributed by atoms with Crippen molar-refractivity contribution in [1.82, 2.24) is 19.8 Å². The Kier molecular flexibility index (Phi) is 5.10. The first kappa shape index (κ1) is 18.7. The lowest BCUT2D eigenvalue weighted by Gasteiger charge is -2.38. The van der Waals surface area contributed by atoms with E-state index < -0.39 is 0 Å². The van der Waals surface area contributed by atoms with Crippen molar-refractivity contribution >= 4 is 12.0 Å². The minimum Gasteiger partial charge on any atom is -0.464 e. The van der Waals surface area contributed by atoms with Gasteiger partial charge in [0.1, 0.15) is 11.5 Å². The second-order valence-corrected chi connectivity index (χ2v) is 7.24. The van der Waals surface area contributed by atoms with Crippen LogP contribution in [0.1, 0.15) is 0 Å². The predicted molar refractivity (Wildman–Crippen MR) is 109 cm³/mol. The minimum absolute atomic E-state index is 0.0864. The van der Waals surface area contributed by atoms with Gasteiger partial charge in [-0.05, 0) is 24.3 Å². The molecule has 0 unspecified atom stereocenters. The molecule has 30 heavy (non-hydrogen) atoms. The van der Waals surface area contributed by atoms with Gasteiger partial charge in [0.15, 0.2) is 5.76 Å². The summed E-state index contributed by atoms with van der Waals surface area (Å²) < 4.78 is 16.5. The molecule has 2 fully saturated rings. The molecule has 0 saturated carbocycles. The van der Waals surface area contributed by atoms with Crippen LogP contribution in [0.25, 0.3) is 22.8 Å². The summed E-state index contributed by atoms with van der Waals surface area (Å²) in [5.41, 5.74) is 1.46. The fourth-order valence-electron chi connectivity index (χ4n) is 3.79. The van der Waals surface area contributed by atoms with E-state index in [1.807, 2.05) is 34.1 Å². The zero-order valence-electron chi connectivity index (χ0n) is 16.6. The van der Waals surface area contributed by atoms with Gasteiger partial charge in [-0.2, -0.15) is 0 Å². The molecular formula is C21H23N5O4. The van der Waals surface area contributed by atoms with Gasteiger partial charge >= 0.3 is 6.03 Å². The minimum atomic E-state index is 0.0864. The number of hydrogen-bond acceptors (Lipinski definition) is 7. The fourth-order valence-corrected chi connectivity index (χ4v) is 3.79. The highest BCUT2D eigenvalue weighted by molar-refractivity contribution is 5.76. The van der Waals surface area contributed by atoms with Gasteiger partial charge in [-0.3, -0.25) is 0 Å². The Morgan fingerprint density at radius 1 is 0.867 bits per heavy atom. The summed E-state index contributed by atoms with van der Waals surface area (Å²) >= 11 is 0. The first-order valence-electron chi connectivity index (χ1n) is 10.1. The molecule has 9 heteroatoms. The maximum absolute atomic E-state index is 12.7. The van der Waals surface area contributed by atoms with E-state index in [1.54, 1.807) is 18.7 Å². The summed E-state index contributed by atoms with van der Waals surface area (Å²) in [6, 6.07) is 7.50. The molecule has 0 bridgehead atoms. The van der Waals surface area contributed by atoms with Gasteiger partial charge < -0.3 is 28.3 Å². The van der Waals surface area contributed by atoms with Crippen molar-refractivity contribution < 1.29 is 18.4 Å². The van der Waals surface area contributed by atoms with Gasteiger partial charge in [0.05, 0.1) is 31.3 Å². The average Bonchev–Trinajstić information content (AvgIpc) is 3.53. The van der Waals surface area contributed by atoms with Crippen molar-refractivity contribution in [3.63, 3.8) is 0 Å². The number of hydrogen-bond donors (Lipinski definition) is 0. The molecule has 2 aliphatic heterocycles. The third kappa shape index (κ3) is 3.63. The van der Waals surface area contributed by atoms with Crippen molar-refractivity contribution in [2.75, 3.05) is 57.4 Å². The molecule has 9 nitrogen and oxygen atoms in total. The van der Waals surface area contributed by atoms with Crippen LogP contribution in [0.15, 0.2) is 51.8 Å². The Bertz CT molecular complexity index is 975. The van der Waals surface area contributed by atoms with Gasteiger partial charge in [-0.15, -0.1) is 0 Å². The summed E-state index contributed by atoms with van der Waals surface area (Å²) in [5.74, 6) is 1.97. The van der Waals surface area contributed by atoms with Crippen LogP contribution in [0.2, 0.25) is 0 Å². The van der Waals surface area contributed by atoms with E-state index in [0.717, 1.165) is 5.56 Å². The SMILES string of the molecule is O=C(N1CCOCC1)N1CCN(c2ncc(-c3ccco3)c(-c3ccco3)n2)CC1. The van der Waals surface area contributed by atoms with E-state index in [0.29, 0.717) is 75.6 Å². The van der Waals surface area contributed by atoms with E-state index >= 15 is 0 Å². The highest BCUT2D eigenvalue weighted by atomic mass is 16.5. The summed E-state index contributed by atoms with van der Waals surface area (Å²) in [5, 5.41) is 0. The highest BCUT2D eigenvalue weighted by Gasteiger charge is 2.28. The zero-order chi connectivity index (χ0) is 20.3. The summed E-state index contributed by atoms with van der Waals surface area (Å²) in [6.07, 6.45) is 5.02. The molecular weight excluding hydrogens is 386 g/mol. The Morgan fingerprint density at radius 3 is 2.20 bits per heavy atom. The molecule has 0 aromatic carbocycles. The van der Waals surface area contributed by atoms with Crippen molar-refractivity contribution in [1.29, 1.82) is 0 Å². The maximum Gasteiger partial charge on any atom is 0.320 e. The lowest BCUT2D eigenvalue weighted by atomic mass is 10.1. The Balaban J connectivity index is 1.33. The summed E-state index contributed by atoms with van der Waals surface area (Å²) in [6.45, 7) is 5.15. The molecule has 5 rings (SSSR count). The van der Waals surface area contributed by atoms with Crippen LogP contribution in [-0.2, 0) is 4.74 Å². The molecule has 0 radical (unpaired) electrons. The largest absolute Gasteiger partial charge is 0.464 e. The van der Waals surface area contributed by atoms with Gasteiger partial charge in [0, 0.05) is 45.5 Å². The van der Waals surface area contributed by atoms with Gasteiger partial charge in [-0.1, -0.05) is 0 Å². The molecule has 0 aliphatic carbocycles. The number of ether oxygens (including phenoxy) is 1. The third-order valence-electron chi connectivity index (χ3n) is 5.43. The fraction of sp³-hybridized carbons (Fsp3) is 0.381. The number of amides is 2. The van der Waals surface area contributed by atoms with Crippen LogP contribution < -0.4 is 4.90 Å². The highest BCUT2D eigenvalue weighted by Crippen LogP contribution is 2.32. The lowest BCUT2D eigenvalue weighted by Crippen LogP contribution is -2.55. The maximum atomic E-state index is 12.7. The molecule has 156 valence electrons. The van der Waals surface area contributed by atoms with Crippen molar-refractivity contribution in [2.45, 2.75) is 0 Å². The van der Waals surface area contributed by atoms with Crippen molar-refractivity contribution in [3.8, 4) is 22.8 Å². The number of carbonyl (C=O) groups is 1. The Morgan fingerprint density at radius 2 is 1.53 bits per heavy atom. The molecule has 3 aromatic heterocycles. The number of nitrogens with zero attached hydrogens (tertiary/aromatic N) is 5. The van der Waals surface area contributed by atoms with Gasteiger partial charge in [0.2, 0.25) is 5.95 Å². The standard InChI is InChI=1S/C21H23N5O4/c27-21(26-9-13-28-14-10-26)25-7-5-24(6-8-25)20-22-15-16(17-3-1-11-29-17)19(23-20)18-4-2-12-30-18/h1-4,11-12,15H,5-10,13-14H2. The number of rotatable bonds is 3. The smallest absolute Gasteiger partial charge is 0.320 e. The number of urea groups is 1. The number of aromatic nitrogens is 2. The van der Waals surface area contributed by atoms with Crippen LogP contribution >= 0.6 is 0 Å². The Hall–Kier alpha value is -3.33. The first-order valence-corrected chi connectivity index (χ1v) is 10.1. The van der Waals surface area contributed by atoms with Crippen LogP contribution in [0.5, 0.6) is 0 Å². The van der Waals surface area contributed by atoms with E-state index in [4.69, 9.17) is 18.6 Å². The van der Waals surface area contributed by atoms with Crippen molar-refractivity contribution in [3.05, 3.63) is 43.0 Å². The molecule has 0 atom stereocenters. The van der Waals surface area contributed by atoms with Gasteiger partial charge in [0.25, 0.3) is 0 Å². The number of carbonyl (C=O) groups excluding carboxylic acids is 1. The molecule has 3 aromatic rings. The van der Waals surface area contributed by atoms with Crippen LogP contribution in [0.3, 0.4) is 0 Å². The molecule has 0 N–H and O–H groups in total. The molecule has 2 saturated heterocycles. The monoisotopic (exact) mass is 409 g/mol. The number of morpholine rings is 1. The molecule has 0 spiro atoms. The summed E-state index contributed by atoms with van der Waals surface area (Å²) in [4.78, 5) is 27.9. The van der Waals surface area contributed by atoms with Crippen LogP contribution in [0, 0.1) is 0 Å². The number of piperazine rings is 1. The normalized spacial score (nSPS) is 17.4. The van der Waals surface area contributed by atoms with Crippen molar-refractivity contribution in [2.24, 2.45) is 0 Å². The number of anilines is 1. The average molecular weight is 409 g/mol.